The number of hydrogen-bond acceptors (Lipinski definition) is 4. The minimum atomic E-state index is -0.303. The maximum absolute atomic E-state index is 12.3. The van der Waals surface area contributed by atoms with Gasteiger partial charge in [-0.25, -0.2) is 0 Å². The van der Waals surface area contributed by atoms with Gasteiger partial charge in [0, 0.05) is 30.8 Å². The molecular formula is C23H31N3O4. The molecule has 7 nitrogen and oxygen atoms in total. The Morgan fingerprint density at radius 2 is 1.80 bits per heavy atom. The molecule has 1 aromatic rings. The van der Waals surface area contributed by atoms with Crippen molar-refractivity contribution >= 4 is 23.4 Å². The van der Waals surface area contributed by atoms with Gasteiger partial charge in [0.2, 0.25) is 11.8 Å². The number of benzene rings is 1. The van der Waals surface area contributed by atoms with Gasteiger partial charge in [-0.3, -0.25) is 14.4 Å². The summed E-state index contributed by atoms with van der Waals surface area (Å²) in [5, 5.41) is 5.54. The fraction of sp³-hybridized carbons (Fsp3) is 0.609. The predicted molar refractivity (Wildman–Crippen MR) is 113 cm³/mol. The largest absolute Gasteiger partial charge is 0.370 e. The number of rotatable bonds is 6. The number of nitrogens with zero attached hydrogens (tertiary/aromatic N) is 1. The maximum Gasteiger partial charge on any atom is 0.251 e. The van der Waals surface area contributed by atoms with Crippen molar-refractivity contribution in [3.63, 3.8) is 0 Å². The number of carbonyl (C=O) groups excluding carboxylic acids is 3. The Labute approximate surface area is 177 Å². The average Bonchev–Trinajstić information content (AvgIpc) is 3.37. The summed E-state index contributed by atoms with van der Waals surface area (Å²) in [4.78, 5) is 38.0. The molecule has 0 radical (unpaired) electrons. The van der Waals surface area contributed by atoms with Gasteiger partial charge >= 0.3 is 0 Å². The zero-order valence-corrected chi connectivity index (χ0v) is 17.5. The Morgan fingerprint density at radius 1 is 1.03 bits per heavy atom. The first-order chi connectivity index (χ1) is 14.5. The number of amides is 3. The molecule has 2 saturated heterocycles. The van der Waals surface area contributed by atoms with E-state index >= 15 is 0 Å². The fourth-order valence-corrected chi connectivity index (χ4v) is 4.87. The normalized spacial score (nSPS) is 23.0. The molecule has 30 heavy (non-hydrogen) atoms. The number of carbonyl (C=O) groups is 3. The first-order valence-corrected chi connectivity index (χ1v) is 11.2. The standard InChI is InChI=1S/C23H31N3O4/c27-20(24-15-19-10-13-23(30-19)11-2-1-3-12-23)16-25-22(29)17-6-8-18(9-7-17)26-14-4-5-21(26)28/h6-9,19H,1-5,10-16H2,(H,24,27)(H,25,29)/t19-/m0/s1. The first-order valence-electron chi connectivity index (χ1n) is 11.2. The Kier molecular flexibility index (Phi) is 6.37. The quantitative estimate of drug-likeness (QED) is 0.750. The van der Waals surface area contributed by atoms with Gasteiger partial charge in [0.05, 0.1) is 18.2 Å². The lowest BCUT2D eigenvalue weighted by Crippen LogP contribution is -2.41. The van der Waals surface area contributed by atoms with Crippen LogP contribution in [0.1, 0.15) is 68.1 Å². The molecule has 2 N–H and O–H groups in total. The third kappa shape index (κ3) is 4.83. The summed E-state index contributed by atoms with van der Waals surface area (Å²) in [5.74, 6) is -0.400. The minimum absolute atomic E-state index is 0.0493. The van der Waals surface area contributed by atoms with Crippen LogP contribution in [0.25, 0.3) is 0 Å². The molecule has 1 aliphatic carbocycles. The van der Waals surface area contributed by atoms with Crippen molar-refractivity contribution in [3.8, 4) is 0 Å². The van der Waals surface area contributed by atoms with Crippen molar-refractivity contribution in [3.05, 3.63) is 29.8 Å². The van der Waals surface area contributed by atoms with Crippen LogP contribution in [0.15, 0.2) is 24.3 Å². The molecule has 1 saturated carbocycles. The number of ether oxygens (including phenoxy) is 1. The van der Waals surface area contributed by atoms with Crippen LogP contribution in [-0.2, 0) is 14.3 Å². The zero-order valence-electron chi connectivity index (χ0n) is 17.5. The van der Waals surface area contributed by atoms with Crippen LogP contribution in [-0.4, -0.2) is 49.1 Å². The summed E-state index contributed by atoms with van der Waals surface area (Å²) in [7, 11) is 0. The van der Waals surface area contributed by atoms with Crippen LogP contribution in [0.3, 0.4) is 0 Å². The van der Waals surface area contributed by atoms with E-state index in [0.717, 1.165) is 44.3 Å². The highest BCUT2D eigenvalue weighted by Gasteiger charge is 2.40. The molecule has 0 unspecified atom stereocenters. The predicted octanol–water partition coefficient (Wildman–Crippen LogP) is 2.54. The highest BCUT2D eigenvalue weighted by Crippen LogP contribution is 2.41. The van der Waals surface area contributed by atoms with Crippen LogP contribution in [0, 0.1) is 0 Å². The van der Waals surface area contributed by atoms with Crippen molar-refractivity contribution in [2.45, 2.75) is 69.5 Å². The van der Waals surface area contributed by atoms with E-state index in [1.165, 1.54) is 19.3 Å². The summed E-state index contributed by atoms with van der Waals surface area (Å²) in [5.41, 5.74) is 1.32. The second kappa shape index (κ2) is 9.16. The molecule has 0 aromatic heterocycles. The maximum atomic E-state index is 12.3. The van der Waals surface area contributed by atoms with Crippen molar-refractivity contribution in [2.24, 2.45) is 0 Å². The van der Waals surface area contributed by atoms with Gasteiger partial charge in [-0.1, -0.05) is 19.3 Å². The molecule has 4 rings (SSSR count). The van der Waals surface area contributed by atoms with E-state index in [0.29, 0.717) is 18.5 Å². The highest BCUT2D eigenvalue weighted by molar-refractivity contribution is 5.98. The molecule has 2 heterocycles. The van der Waals surface area contributed by atoms with Crippen molar-refractivity contribution in [2.75, 3.05) is 24.5 Å². The van der Waals surface area contributed by atoms with E-state index in [4.69, 9.17) is 4.74 Å². The highest BCUT2D eigenvalue weighted by atomic mass is 16.5. The molecule has 3 fully saturated rings. The van der Waals surface area contributed by atoms with Crippen LogP contribution >= 0.6 is 0 Å². The molecule has 0 bridgehead atoms. The summed E-state index contributed by atoms with van der Waals surface area (Å²) in [6.45, 7) is 1.15. The lowest BCUT2D eigenvalue weighted by molar-refractivity contribution is -0.121. The Morgan fingerprint density at radius 3 is 2.50 bits per heavy atom. The second-order valence-electron chi connectivity index (χ2n) is 8.70. The third-order valence-corrected chi connectivity index (χ3v) is 6.55. The molecule has 1 atom stereocenters. The number of nitrogens with one attached hydrogen (secondary N) is 2. The topological polar surface area (TPSA) is 87.7 Å². The molecule has 162 valence electrons. The van der Waals surface area contributed by atoms with E-state index in [-0.39, 0.29) is 36.0 Å². The van der Waals surface area contributed by atoms with Gasteiger partial charge in [0.1, 0.15) is 0 Å². The molecule has 7 heteroatoms. The van der Waals surface area contributed by atoms with Gasteiger partial charge in [0.15, 0.2) is 0 Å². The monoisotopic (exact) mass is 413 g/mol. The second-order valence-corrected chi connectivity index (χ2v) is 8.70. The summed E-state index contributed by atoms with van der Waals surface area (Å²) < 4.78 is 6.27. The summed E-state index contributed by atoms with van der Waals surface area (Å²) >= 11 is 0. The van der Waals surface area contributed by atoms with E-state index in [1.54, 1.807) is 29.2 Å². The lowest BCUT2D eigenvalue weighted by atomic mass is 9.83. The average molecular weight is 414 g/mol. The molecular weight excluding hydrogens is 382 g/mol. The van der Waals surface area contributed by atoms with Gasteiger partial charge in [-0.15, -0.1) is 0 Å². The molecule has 2 aliphatic heterocycles. The minimum Gasteiger partial charge on any atom is -0.370 e. The summed E-state index contributed by atoms with van der Waals surface area (Å²) in [6.07, 6.45) is 9.63. The SMILES string of the molecule is O=C(CNC(=O)c1ccc(N2CCCC2=O)cc1)NC[C@@H]1CCC2(CCCCC2)O1. The van der Waals surface area contributed by atoms with Crippen molar-refractivity contribution in [1.82, 2.24) is 10.6 Å². The van der Waals surface area contributed by atoms with Gasteiger partial charge in [-0.05, 0) is 56.4 Å². The van der Waals surface area contributed by atoms with E-state index < -0.39 is 0 Å². The van der Waals surface area contributed by atoms with E-state index in [1.807, 2.05) is 0 Å². The Hall–Kier alpha value is -2.41. The van der Waals surface area contributed by atoms with Gasteiger partial charge < -0.3 is 20.3 Å². The van der Waals surface area contributed by atoms with Crippen LogP contribution < -0.4 is 15.5 Å². The zero-order chi connectivity index (χ0) is 21.0. The third-order valence-electron chi connectivity index (χ3n) is 6.55. The lowest BCUT2D eigenvalue weighted by Gasteiger charge is -2.33. The molecule has 3 aliphatic rings. The number of hydrogen-bond donors (Lipinski definition) is 2. The van der Waals surface area contributed by atoms with E-state index in [2.05, 4.69) is 10.6 Å². The Balaban J connectivity index is 1.18. The number of anilines is 1. The molecule has 1 aromatic carbocycles. The van der Waals surface area contributed by atoms with Crippen molar-refractivity contribution < 1.29 is 19.1 Å². The summed E-state index contributed by atoms with van der Waals surface area (Å²) in [6, 6.07) is 6.92. The van der Waals surface area contributed by atoms with Crippen LogP contribution in [0.5, 0.6) is 0 Å². The first kappa shape index (κ1) is 20.8. The van der Waals surface area contributed by atoms with Crippen molar-refractivity contribution in [1.29, 1.82) is 0 Å². The van der Waals surface area contributed by atoms with Gasteiger partial charge in [0.25, 0.3) is 5.91 Å². The van der Waals surface area contributed by atoms with Crippen LogP contribution in [0.2, 0.25) is 0 Å². The van der Waals surface area contributed by atoms with Gasteiger partial charge in [-0.2, -0.15) is 0 Å². The molecule has 1 spiro atoms. The smallest absolute Gasteiger partial charge is 0.251 e. The Bertz CT molecular complexity index is 786. The van der Waals surface area contributed by atoms with Crippen LogP contribution in [0.4, 0.5) is 5.69 Å². The van der Waals surface area contributed by atoms with E-state index in [9.17, 15) is 14.4 Å². The molecule has 3 amide bonds. The fourth-order valence-electron chi connectivity index (χ4n) is 4.87.